The van der Waals surface area contributed by atoms with Gasteiger partial charge in [-0.05, 0) is 17.7 Å². The van der Waals surface area contributed by atoms with Gasteiger partial charge in [0.2, 0.25) is 0 Å². The van der Waals surface area contributed by atoms with Gasteiger partial charge in [0.05, 0.1) is 0 Å². The fraction of sp³-hybridized carbons (Fsp3) is 0.417. The zero-order chi connectivity index (χ0) is 10.8. The van der Waals surface area contributed by atoms with Gasteiger partial charge in [-0.3, -0.25) is 0 Å². The van der Waals surface area contributed by atoms with E-state index in [-0.39, 0.29) is 0 Å². The van der Waals surface area contributed by atoms with Crippen LogP contribution >= 0.6 is 0 Å². The smallest absolute Gasteiger partial charge is 0.192 e. The van der Waals surface area contributed by atoms with Crippen molar-refractivity contribution in [2.24, 2.45) is 0 Å². The summed E-state index contributed by atoms with van der Waals surface area (Å²) in [7, 11) is 0. The molecule has 2 aromatic rings. The first-order valence-electron chi connectivity index (χ1n) is 5.24. The van der Waals surface area contributed by atoms with Crippen LogP contribution in [0.4, 0.5) is 0 Å². The summed E-state index contributed by atoms with van der Waals surface area (Å²) in [6, 6.07) is 6.62. The van der Waals surface area contributed by atoms with Crippen molar-refractivity contribution in [3.63, 3.8) is 0 Å². The summed E-state index contributed by atoms with van der Waals surface area (Å²) in [6.45, 7) is 7.02. The van der Waals surface area contributed by atoms with Crippen molar-refractivity contribution < 1.29 is 4.42 Å². The van der Waals surface area contributed by atoms with Gasteiger partial charge in [0, 0.05) is 19.5 Å². The highest BCUT2D eigenvalue weighted by Crippen LogP contribution is 2.16. The maximum absolute atomic E-state index is 5.42. The molecule has 0 bridgehead atoms. The molecule has 3 heteroatoms. The molecule has 0 unspecified atom stereocenters. The average molecular weight is 204 g/mol. The summed E-state index contributed by atoms with van der Waals surface area (Å²) in [5, 5.41) is 3.37. The maximum Gasteiger partial charge on any atom is 0.192 e. The molecular formula is C12H16N2O. The Morgan fingerprint density at radius 3 is 2.93 bits per heavy atom. The van der Waals surface area contributed by atoms with Crippen molar-refractivity contribution in [1.82, 2.24) is 10.3 Å². The summed E-state index contributed by atoms with van der Waals surface area (Å²) >= 11 is 0. The molecule has 0 fully saturated rings. The SMILES string of the molecule is Cc1nc2cc(CNC(C)C)ccc2o1. The van der Waals surface area contributed by atoms with Crippen LogP contribution in [0.3, 0.4) is 0 Å². The number of oxazole rings is 1. The van der Waals surface area contributed by atoms with Gasteiger partial charge >= 0.3 is 0 Å². The molecule has 0 aliphatic carbocycles. The summed E-state index contributed by atoms with van der Waals surface area (Å²) in [5.41, 5.74) is 3.04. The molecule has 2 rings (SSSR count). The Labute approximate surface area is 89.5 Å². The zero-order valence-corrected chi connectivity index (χ0v) is 9.37. The highest BCUT2D eigenvalue weighted by atomic mass is 16.3. The Morgan fingerprint density at radius 2 is 2.20 bits per heavy atom. The van der Waals surface area contributed by atoms with Gasteiger partial charge < -0.3 is 9.73 Å². The van der Waals surface area contributed by atoms with Gasteiger partial charge in [-0.1, -0.05) is 19.9 Å². The number of nitrogens with zero attached hydrogens (tertiary/aromatic N) is 1. The third-order valence-corrected chi connectivity index (χ3v) is 2.27. The lowest BCUT2D eigenvalue weighted by Crippen LogP contribution is -2.21. The maximum atomic E-state index is 5.42. The fourth-order valence-electron chi connectivity index (χ4n) is 1.52. The van der Waals surface area contributed by atoms with E-state index < -0.39 is 0 Å². The fourth-order valence-corrected chi connectivity index (χ4v) is 1.52. The van der Waals surface area contributed by atoms with Crippen molar-refractivity contribution in [2.45, 2.75) is 33.4 Å². The molecule has 0 saturated heterocycles. The molecule has 0 aliphatic heterocycles. The molecule has 0 radical (unpaired) electrons. The molecule has 0 amide bonds. The van der Waals surface area contributed by atoms with E-state index in [4.69, 9.17) is 4.42 Å². The van der Waals surface area contributed by atoms with E-state index in [1.54, 1.807) is 0 Å². The molecule has 0 spiro atoms. The summed E-state index contributed by atoms with van der Waals surface area (Å²) in [5.74, 6) is 0.721. The Morgan fingerprint density at radius 1 is 1.40 bits per heavy atom. The van der Waals surface area contributed by atoms with Gasteiger partial charge in [-0.25, -0.2) is 4.98 Å². The van der Waals surface area contributed by atoms with Crippen LogP contribution < -0.4 is 5.32 Å². The lowest BCUT2D eigenvalue weighted by molar-refractivity contribution is 0.561. The third kappa shape index (κ3) is 2.36. The summed E-state index contributed by atoms with van der Waals surface area (Å²) < 4.78 is 5.42. The highest BCUT2D eigenvalue weighted by molar-refractivity contribution is 5.73. The summed E-state index contributed by atoms with van der Waals surface area (Å²) in [6.07, 6.45) is 0. The van der Waals surface area contributed by atoms with Crippen molar-refractivity contribution in [2.75, 3.05) is 0 Å². The highest BCUT2D eigenvalue weighted by Gasteiger charge is 2.03. The number of nitrogens with one attached hydrogen (secondary N) is 1. The molecule has 1 aromatic carbocycles. The number of hydrogen-bond acceptors (Lipinski definition) is 3. The molecule has 0 atom stereocenters. The third-order valence-electron chi connectivity index (χ3n) is 2.27. The molecule has 1 heterocycles. The second-order valence-electron chi connectivity index (χ2n) is 4.07. The predicted octanol–water partition coefficient (Wildman–Crippen LogP) is 2.63. The van der Waals surface area contributed by atoms with Gasteiger partial charge in [-0.15, -0.1) is 0 Å². The van der Waals surface area contributed by atoms with E-state index in [0.717, 1.165) is 23.5 Å². The van der Waals surface area contributed by atoms with Gasteiger partial charge in [-0.2, -0.15) is 0 Å². The van der Waals surface area contributed by atoms with Crippen molar-refractivity contribution >= 4 is 11.1 Å². The van der Waals surface area contributed by atoms with Crippen molar-refractivity contribution in [3.8, 4) is 0 Å². The van der Waals surface area contributed by atoms with Gasteiger partial charge in [0.1, 0.15) is 5.52 Å². The molecule has 80 valence electrons. The molecule has 1 aromatic heterocycles. The largest absolute Gasteiger partial charge is 0.441 e. The molecular weight excluding hydrogens is 188 g/mol. The summed E-state index contributed by atoms with van der Waals surface area (Å²) in [4.78, 5) is 4.31. The minimum absolute atomic E-state index is 0.500. The molecule has 0 saturated carbocycles. The number of benzene rings is 1. The van der Waals surface area contributed by atoms with E-state index >= 15 is 0 Å². The van der Waals surface area contributed by atoms with E-state index in [1.807, 2.05) is 13.0 Å². The van der Waals surface area contributed by atoms with Crippen molar-refractivity contribution in [1.29, 1.82) is 0 Å². The van der Waals surface area contributed by atoms with Crippen LogP contribution in [0.1, 0.15) is 25.3 Å². The first-order chi connectivity index (χ1) is 7.15. The molecule has 0 aliphatic rings. The van der Waals surface area contributed by atoms with Crippen LogP contribution in [0.15, 0.2) is 22.6 Å². The van der Waals surface area contributed by atoms with Gasteiger partial charge in [0.15, 0.2) is 11.5 Å². The van der Waals surface area contributed by atoms with E-state index in [9.17, 15) is 0 Å². The number of rotatable bonds is 3. The van der Waals surface area contributed by atoms with Crippen molar-refractivity contribution in [3.05, 3.63) is 29.7 Å². The minimum Gasteiger partial charge on any atom is -0.441 e. The first kappa shape index (κ1) is 10.2. The normalized spacial score (nSPS) is 11.5. The van der Waals surface area contributed by atoms with E-state index in [1.165, 1.54) is 5.56 Å². The van der Waals surface area contributed by atoms with Crippen LogP contribution in [-0.4, -0.2) is 11.0 Å². The quantitative estimate of drug-likeness (QED) is 0.835. The van der Waals surface area contributed by atoms with E-state index in [0.29, 0.717) is 6.04 Å². The second-order valence-corrected chi connectivity index (χ2v) is 4.07. The van der Waals surface area contributed by atoms with Gasteiger partial charge in [0.25, 0.3) is 0 Å². The molecule has 3 nitrogen and oxygen atoms in total. The number of hydrogen-bond donors (Lipinski definition) is 1. The Hall–Kier alpha value is -1.35. The van der Waals surface area contributed by atoms with E-state index in [2.05, 4.69) is 36.3 Å². The van der Waals surface area contributed by atoms with Crippen LogP contribution in [0.2, 0.25) is 0 Å². The Balaban J connectivity index is 2.22. The predicted molar refractivity (Wildman–Crippen MR) is 60.7 cm³/mol. The number of fused-ring (bicyclic) bond motifs is 1. The number of aromatic nitrogens is 1. The molecule has 1 N–H and O–H groups in total. The monoisotopic (exact) mass is 204 g/mol. The van der Waals surface area contributed by atoms with Crippen LogP contribution in [0.5, 0.6) is 0 Å². The average Bonchev–Trinajstić information content (AvgIpc) is 2.53. The second kappa shape index (κ2) is 4.03. The topological polar surface area (TPSA) is 38.1 Å². The van der Waals surface area contributed by atoms with Crippen LogP contribution in [0, 0.1) is 6.92 Å². The minimum atomic E-state index is 0.500. The Kier molecular flexibility index (Phi) is 2.73. The van der Waals surface area contributed by atoms with Crippen LogP contribution in [-0.2, 0) is 6.54 Å². The lowest BCUT2D eigenvalue weighted by atomic mass is 10.2. The standard InChI is InChI=1S/C12H16N2O/c1-8(2)13-7-10-4-5-12-11(6-10)14-9(3)15-12/h4-6,8,13H,7H2,1-3H3. The number of aryl methyl sites for hydroxylation is 1. The zero-order valence-electron chi connectivity index (χ0n) is 9.37. The van der Waals surface area contributed by atoms with Crippen LogP contribution in [0.25, 0.3) is 11.1 Å². The first-order valence-corrected chi connectivity index (χ1v) is 5.24. The Bertz CT molecular complexity index is 460. The molecule has 15 heavy (non-hydrogen) atoms. The lowest BCUT2D eigenvalue weighted by Gasteiger charge is -2.07.